The second kappa shape index (κ2) is 6.55. The minimum absolute atomic E-state index is 0.0461. The normalized spacial score (nSPS) is 23.3. The van der Waals surface area contributed by atoms with Crippen molar-refractivity contribution in [1.82, 2.24) is 9.21 Å². The van der Waals surface area contributed by atoms with Gasteiger partial charge in [-0.2, -0.15) is 5.26 Å². The van der Waals surface area contributed by atoms with Crippen LogP contribution in [-0.4, -0.2) is 56.0 Å². The molecule has 0 aromatic rings. The fourth-order valence-electron chi connectivity index (χ4n) is 3.53. The molecule has 1 saturated carbocycles. The van der Waals surface area contributed by atoms with Crippen LogP contribution in [0.2, 0.25) is 0 Å². The van der Waals surface area contributed by atoms with Crippen LogP contribution in [0.5, 0.6) is 0 Å². The lowest BCUT2D eigenvalue weighted by molar-refractivity contribution is -0.142. The van der Waals surface area contributed by atoms with Crippen molar-refractivity contribution in [3.63, 3.8) is 0 Å². The Morgan fingerprint density at radius 1 is 1.23 bits per heavy atom. The molecule has 22 heavy (non-hydrogen) atoms. The molecule has 0 spiro atoms. The Morgan fingerprint density at radius 3 is 2.23 bits per heavy atom. The molecule has 2 aliphatic rings. The summed E-state index contributed by atoms with van der Waals surface area (Å²) in [5.74, 6) is -0.0461. The number of rotatable bonds is 3. The van der Waals surface area contributed by atoms with Gasteiger partial charge in [-0.3, -0.25) is 4.79 Å². The highest BCUT2D eigenvalue weighted by Gasteiger charge is 2.43. The van der Waals surface area contributed by atoms with E-state index in [0.717, 1.165) is 19.3 Å². The van der Waals surface area contributed by atoms with Crippen molar-refractivity contribution in [1.29, 1.82) is 5.26 Å². The number of hydrogen-bond acceptors (Lipinski definition) is 4. The molecule has 6 nitrogen and oxygen atoms in total. The van der Waals surface area contributed by atoms with Crippen molar-refractivity contribution >= 4 is 15.9 Å². The molecule has 0 radical (unpaired) electrons. The van der Waals surface area contributed by atoms with Gasteiger partial charge in [0.1, 0.15) is 5.41 Å². The van der Waals surface area contributed by atoms with Crippen LogP contribution in [-0.2, 0) is 14.8 Å². The molecule has 0 aromatic carbocycles. The first kappa shape index (κ1) is 17.2. The monoisotopic (exact) mass is 327 g/mol. The van der Waals surface area contributed by atoms with Crippen molar-refractivity contribution in [3.8, 4) is 6.07 Å². The van der Waals surface area contributed by atoms with Crippen molar-refractivity contribution in [3.05, 3.63) is 0 Å². The summed E-state index contributed by atoms with van der Waals surface area (Å²) in [6.45, 7) is 1.07. The number of piperidine rings is 1. The molecule has 124 valence electrons. The van der Waals surface area contributed by atoms with Gasteiger partial charge in [0.25, 0.3) is 0 Å². The quantitative estimate of drug-likeness (QED) is 0.783. The summed E-state index contributed by atoms with van der Waals surface area (Å²) in [4.78, 5) is 14.5. The maximum Gasteiger partial charge on any atom is 0.243 e. The van der Waals surface area contributed by atoms with Crippen LogP contribution >= 0.6 is 0 Å². The summed E-state index contributed by atoms with van der Waals surface area (Å²) >= 11 is 0. The van der Waals surface area contributed by atoms with E-state index in [4.69, 9.17) is 0 Å². The van der Waals surface area contributed by atoms with Crippen LogP contribution in [0.25, 0.3) is 0 Å². The van der Waals surface area contributed by atoms with Gasteiger partial charge in [-0.15, -0.1) is 0 Å². The Bertz CT molecular complexity index is 553. The fourth-order valence-corrected chi connectivity index (χ4v) is 4.29. The Kier molecular flexibility index (Phi) is 5.13. The average Bonchev–Trinajstić information content (AvgIpc) is 2.53. The molecule has 0 unspecified atom stereocenters. The standard InChI is InChI=1S/C15H25N3O3S/c1-17(22(2,20)21)13-6-10-18(11-7-13)14(19)15(12-16)8-4-3-5-9-15/h13H,3-11H2,1-2H3. The molecule has 1 aliphatic heterocycles. The molecule has 2 rings (SSSR count). The minimum atomic E-state index is -3.20. The highest BCUT2D eigenvalue weighted by Crippen LogP contribution is 2.38. The highest BCUT2D eigenvalue weighted by atomic mass is 32.2. The summed E-state index contributed by atoms with van der Waals surface area (Å²) < 4.78 is 24.6. The predicted molar refractivity (Wildman–Crippen MR) is 83.3 cm³/mol. The third-order valence-electron chi connectivity index (χ3n) is 5.12. The molecule has 1 saturated heterocycles. The summed E-state index contributed by atoms with van der Waals surface area (Å²) in [6, 6.07) is 2.22. The lowest BCUT2D eigenvalue weighted by atomic mass is 9.74. The van der Waals surface area contributed by atoms with Gasteiger partial charge >= 0.3 is 0 Å². The van der Waals surface area contributed by atoms with Crippen molar-refractivity contribution in [2.45, 2.75) is 51.0 Å². The molecular weight excluding hydrogens is 302 g/mol. The molecular formula is C15H25N3O3S. The molecule has 0 atom stereocenters. The molecule has 1 amide bonds. The van der Waals surface area contributed by atoms with E-state index in [1.807, 2.05) is 0 Å². The average molecular weight is 327 g/mol. The van der Waals surface area contributed by atoms with Crippen LogP contribution in [0.1, 0.15) is 44.9 Å². The van der Waals surface area contributed by atoms with Crippen LogP contribution in [0, 0.1) is 16.7 Å². The number of nitrogens with zero attached hydrogens (tertiary/aromatic N) is 3. The molecule has 1 heterocycles. The summed E-state index contributed by atoms with van der Waals surface area (Å²) in [6.07, 6.45) is 6.76. The van der Waals surface area contributed by atoms with Gasteiger partial charge in [0.2, 0.25) is 15.9 Å². The third-order valence-corrected chi connectivity index (χ3v) is 6.46. The number of sulfonamides is 1. The zero-order valence-electron chi connectivity index (χ0n) is 13.4. The van der Waals surface area contributed by atoms with E-state index in [1.54, 1.807) is 11.9 Å². The van der Waals surface area contributed by atoms with E-state index < -0.39 is 15.4 Å². The lowest BCUT2D eigenvalue weighted by Gasteiger charge is -2.40. The van der Waals surface area contributed by atoms with Gasteiger partial charge in [0.05, 0.1) is 12.3 Å². The van der Waals surface area contributed by atoms with Gasteiger partial charge in [-0.05, 0) is 25.7 Å². The van der Waals surface area contributed by atoms with E-state index in [9.17, 15) is 18.5 Å². The smallest absolute Gasteiger partial charge is 0.243 e. The summed E-state index contributed by atoms with van der Waals surface area (Å²) in [5.41, 5.74) is -0.839. The molecule has 0 aromatic heterocycles. The van der Waals surface area contributed by atoms with Gasteiger partial charge in [-0.1, -0.05) is 19.3 Å². The van der Waals surface area contributed by atoms with E-state index in [1.165, 1.54) is 10.6 Å². The highest BCUT2D eigenvalue weighted by molar-refractivity contribution is 7.88. The van der Waals surface area contributed by atoms with Gasteiger partial charge in [-0.25, -0.2) is 12.7 Å². The number of carbonyl (C=O) groups is 1. The maximum atomic E-state index is 12.8. The molecule has 7 heteroatoms. The Morgan fingerprint density at radius 2 is 1.77 bits per heavy atom. The topological polar surface area (TPSA) is 81.5 Å². The number of carbonyl (C=O) groups excluding carboxylic acids is 1. The van der Waals surface area contributed by atoms with Crippen molar-refractivity contribution in [2.75, 3.05) is 26.4 Å². The zero-order valence-corrected chi connectivity index (χ0v) is 14.2. The first-order valence-corrected chi connectivity index (χ1v) is 9.79. The van der Waals surface area contributed by atoms with Crippen LogP contribution in [0.4, 0.5) is 0 Å². The largest absolute Gasteiger partial charge is 0.341 e. The fraction of sp³-hybridized carbons (Fsp3) is 0.867. The predicted octanol–water partition coefficient (Wildman–Crippen LogP) is 1.34. The first-order valence-electron chi connectivity index (χ1n) is 7.94. The minimum Gasteiger partial charge on any atom is -0.341 e. The third kappa shape index (κ3) is 3.44. The van der Waals surface area contributed by atoms with Crippen LogP contribution in [0.3, 0.4) is 0 Å². The van der Waals surface area contributed by atoms with E-state index in [0.29, 0.717) is 38.8 Å². The van der Waals surface area contributed by atoms with Gasteiger partial charge in [0, 0.05) is 26.2 Å². The maximum absolute atomic E-state index is 12.8. The van der Waals surface area contributed by atoms with Crippen LogP contribution in [0.15, 0.2) is 0 Å². The Labute approximate surface area is 133 Å². The number of nitriles is 1. The Balaban J connectivity index is 1.99. The summed E-state index contributed by atoms with van der Waals surface area (Å²) in [7, 11) is -1.61. The lowest BCUT2D eigenvalue weighted by Crippen LogP contribution is -2.51. The second-order valence-electron chi connectivity index (χ2n) is 6.56. The van der Waals surface area contributed by atoms with Gasteiger partial charge in [0.15, 0.2) is 0 Å². The number of hydrogen-bond donors (Lipinski definition) is 0. The molecule has 0 N–H and O–H groups in total. The SMILES string of the molecule is CN(C1CCN(C(=O)C2(C#N)CCCCC2)CC1)S(C)(=O)=O. The van der Waals surface area contributed by atoms with Crippen LogP contribution < -0.4 is 0 Å². The van der Waals surface area contributed by atoms with Gasteiger partial charge < -0.3 is 4.90 Å². The molecule has 0 bridgehead atoms. The van der Waals surface area contributed by atoms with Crippen molar-refractivity contribution in [2.24, 2.45) is 5.41 Å². The van der Waals surface area contributed by atoms with Crippen molar-refractivity contribution < 1.29 is 13.2 Å². The first-order chi connectivity index (χ1) is 10.3. The second-order valence-corrected chi connectivity index (χ2v) is 8.60. The number of likely N-dealkylation sites (tertiary alicyclic amines) is 1. The zero-order chi connectivity index (χ0) is 16.4. The number of amides is 1. The van der Waals surface area contributed by atoms with E-state index >= 15 is 0 Å². The molecule has 1 aliphatic carbocycles. The molecule has 2 fully saturated rings. The van der Waals surface area contributed by atoms with E-state index in [2.05, 4.69) is 6.07 Å². The Hall–Kier alpha value is -1.13. The summed E-state index contributed by atoms with van der Waals surface area (Å²) in [5, 5.41) is 9.50. The van der Waals surface area contributed by atoms with E-state index in [-0.39, 0.29) is 11.9 Å².